The SMILES string of the molecule is CC1(C)OB(C(=Cc2ccc(C=O)cn2)CNC(=O)OCc2ccccc2)OC1(C)C. The fourth-order valence-electron chi connectivity index (χ4n) is 2.91. The Morgan fingerprint density at radius 3 is 2.35 bits per heavy atom. The van der Waals surface area contributed by atoms with Crippen LogP contribution in [0.5, 0.6) is 0 Å². The van der Waals surface area contributed by atoms with Gasteiger partial charge >= 0.3 is 13.2 Å². The molecule has 0 unspecified atom stereocenters. The number of aromatic nitrogens is 1. The van der Waals surface area contributed by atoms with Crippen LogP contribution in [0.25, 0.3) is 6.08 Å². The Balaban J connectivity index is 1.71. The van der Waals surface area contributed by atoms with E-state index < -0.39 is 24.4 Å². The van der Waals surface area contributed by atoms with Crippen LogP contribution in [-0.4, -0.2) is 42.2 Å². The lowest BCUT2D eigenvalue weighted by Gasteiger charge is -2.32. The Morgan fingerprint density at radius 2 is 1.77 bits per heavy atom. The fraction of sp³-hybridized carbons (Fsp3) is 0.348. The Labute approximate surface area is 182 Å². The fourth-order valence-corrected chi connectivity index (χ4v) is 2.91. The number of aldehydes is 1. The largest absolute Gasteiger partial charge is 0.492 e. The van der Waals surface area contributed by atoms with Crippen molar-refractivity contribution in [1.29, 1.82) is 0 Å². The molecule has 1 saturated heterocycles. The topological polar surface area (TPSA) is 86.8 Å². The zero-order valence-electron chi connectivity index (χ0n) is 18.3. The van der Waals surface area contributed by atoms with E-state index in [0.29, 0.717) is 16.7 Å². The van der Waals surface area contributed by atoms with Gasteiger partial charge in [0, 0.05) is 18.3 Å². The van der Waals surface area contributed by atoms with Gasteiger partial charge in [-0.15, -0.1) is 0 Å². The van der Waals surface area contributed by atoms with Gasteiger partial charge in [-0.1, -0.05) is 30.3 Å². The van der Waals surface area contributed by atoms with Crippen LogP contribution in [0.3, 0.4) is 0 Å². The van der Waals surface area contributed by atoms with Gasteiger partial charge in [0.25, 0.3) is 0 Å². The second-order valence-corrected chi connectivity index (χ2v) is 8.36. The number of rotatable bonds is 7. The molecule has 0 atom stereocenters. The number of benzene rings is 1. The Morgan fingerprint density at radius 1 is 1.10 bits per heavy atom. The molecule has 31 heavy (non-hydrogen) atoms. The van der Waals surface area contributed by atoms with Gasteiger partial charge in [-0.3, -0.25) is 9.78 Å². The highest BCUT2D eigenvalue weighted by molar-refractivity contribution is 6.56. The van der Waals surface area contributed by atoms with Crippen LogP contribution in [0.1, 0.15) is 49.3 Å². The first kappa shape index (κ1) is 22.7. The van der Waals surface area contributed by atoms with Crippen molar-refractivity contribution in [3.05, 3.63) is 71.0 Å². The van der Waals surface area contributed by atoms with Gasteiger partial charge in [0.2, 0.25) is 0 Å². The van der Waals surface area contributed by atoms with Crippen LogP contribution in [-0.2, 0) is 20.7 Å². The molecule has 0 spiro atoms. The van der Waals surface area contributed by atoms with Gasteiger partial charge in [-0.2, -0.15) is 0 Å². The van der Waals surface area contributed by atoms with Crippen molar-refractivity contribution >= 4 is 25.6 Å². The third kappa shape index (κ3) is 5.80. The van der Waals surface area contributed by atoms with Crippen LogP contribution >= 0.6 is 0 Å². The summed E-state index contributed by atoms with van der Waals surface area (Å²) in [7, 11) is -0.660. The lowest BCUT2D eigenvalue weighted by Crippen LogP contribution is -2.41. The minimum Gasteiger partial charge on any atom is -0.445 e. The first-order valence-electron chi connectivity index (χ1n) is 10.1. The van der Waals surface area contributed by atoms with Gasteiger partial charge in [0.15, 0.2) is 6.29 Å². The predicted molar refractivity (Wildman–Crippen MR) is 118 cm³/mol. The predicted octanol–water partition coefficient (Wildman–Crippen LogP) is 3.84. The van der Waals surface area contributed by atoms with E-state index in [1.54, 1.807) is 18.2 Å². The van der Waals surface area contributed by atoms with E-state index in [1.165, 1.54) is 6.20 Å². The summed E-state index contributed by atoms with van der Waals surface area (Å²) in [5, 5.41) is 2.75. The van der Waals surface area contributed by atoms with Gasteiger partial charge in [0.05, 0.1) is 16.9 Å². The summed E-state index contributed by atoms with van der Waals surface area (Å²) in [6, 6.07) is 12.9. The summed E-state index contributed by atoms with van der Waals surface area (Å²) in [5.41, 5.74) is 1.63. The lowest BCUT2D eigenvalue weighted by molar-refractivity contribution is 0.00578. The molecule has 0 saturated carbocycles. The van der Waals surface area contributed by atoms with E-state index in [9.17, 15) is 9.59 Å². The molecule has 1 fully saturated rings. The van der Waals surface area contributed by atoms with Crippen LogP contribution in [0.4, 0.5) is 4.79 Å². The molecule has 2 aromatic rings. The maximum Gasteiger partial charge on any atom is 0.492 e. The molecule has 0 bridgehead atoms. The van der Waals surface area contributed by atoms with E-state index in [2.05, 4.69) is 10.3 Å². The third-order valence-corrected chi connectivity index (χ3v) is 5.48. The van der Waals surface area contributed by atoms with Crippen LogP contribution in [0.15, 0.2) is 54.1 Å². The Bertz CT molecular complexity index is 926. The van der Waals surface area contributed by atoms with Crippen LogP contribution < -0.4 is 5.32 Å². The highest BCUT2D eigenvalue weighted by Gasteiger charge is 2.52. The van der Waals surface area contributed by atoms with Crippen molar-refractivity contribution in [3.8, 4) is 0 Å². The number of alkyl carbamates (subject to hydrolysis) is 1. The smallest absolute Gasteiger partial charge is 0.445 e. The molecule has 1 amide bonds. The minimum atomic E-state index is -0.660. The highest BCUT2D eigenvalue weighted by Crippen LogP contribution is 2.38. The Hall–Kier alpha value is -2.97. The Kier molecular flexibility index (Phi) is 6.92. The van der Waals surface area contributed by atoms with Crippen molar-refractivity contribution in [1.82, 2.24) is 10.3 Å². The zero-order chi connectivity index (χ0) is 22.5. The molecule has 1 aliphatic heterocycles. The number of hydrogen-bond acceptors (Lipinski definition) is 6. The number of carbonyl (C=O) groups excluding carboxylic acids is 2. The molecule has 3 rings (SSSR count). The van der Waals surface area contributed by atoms with E-state index >= 15 is 0 Å². The molecule has 1 N–H and O–H groups in total. The van der Waals surface area contributed by atoms with Gasteiger partial charge in [-0.25, -0.2) is 4.79 Å². The first-order valence-corrected chi connectivity index (χ1v) is 10.1. The van der Waals surface area contributed by atoms with Crippen LogP contribution in [0, 0.1) is 0 Å². The molecule has 0 radical (unpaired) electrons. The van der Waals surface area contributed by atoms with Crippen molar-refractivity contribution in [2.75, 3.05) is 6.54 Å². The number of pyridine rings is 1. The highest BCUT2D eigenvalue weighted by atomic mass is 16.7. The van der Waals surface area contributed by atoms with Crippen molar-refractivity contribution in [2.45, 2.75) is 45.5 Å². The van der Waals surface area contributed by atoms with E-state index in [-0.39, 0.29) is 13.2 Å². The summed E-state index contributed by atoms with van der Waals surface area (Å²) in [6.45, 7) is 8.18. The molecule has 162 valence electrons. The van der Waals surface area contributed by atoms with Crippen LogP contribution in [0.2, 0.25) is 0 Å². The third-order valence-electron chi connectivity index (χ3n) is 5.48. The molecule has 7 nitrogen and oxygen atoms in total. The van der Waals surface area contributed by atoms with Gasteiger partial charge in [0.1, 0.15) is 6.61 Å². The average molecular weight is 422 g/mol. The summed E-state index contributed by atoms with van der Waals surface area (Å²) in [4.78, 5) is 27.4. The lowest BCUT2D eigenvalue weighted by atomic mass is 9.77. The van der Waals surface area contributed by atoms with Crippen molar-refractivity contribution in [3.63, 3.8) is 0 Å². The molecular formula is C23H27BN2O5. The standard InChI is InChI=1S/C23H27BN2O5/c1-22(2)23(3,4)31-24(30-22)19(12-20-11-10-18(15-27)13-25-20)14-26-21(28)29-16-17-8-6-5-7-9-17/h5-13,15H,14,16H2,1-4H3,(H,26,28). The van der Waals surface area contributed by atoms with Crippen molar-refractivity contribution < 1.29 is 23.6 Å². The second kappa shape index (κ2) is 9.45. The van der Waals surface area contributed by atoms with Crippen molar-refractivity contribution in [2.24, 2.45) is 0 Å². The maximum absolute atomic E-state index is 12.2. The second-order valence-electron chi connectivity index (χ2n) is 8.36. The summed E-state index contributed by atoms with van der Waals surface area (Å²) in [5.74, 6) is 0. The first-order chi connectivity index (χ1) is 14.7. The summed E-state index contributed by atoms with van der Waals surface area (Å²) in [6.07, 6.45) is 3.46. The maximum atomic E-state index is 12.2. The molecule has 1 aromatic carbocycles. The number of carbonyl (C=O) groups is 2. The molecular weight excluding hydrogens is 395 g/mol. The number of hydrogen-bond donors (Lipinski definition) is 1. The molecule has 2 heterocycles. The summed E-state index contributed by atoms with van der Waals surface area (Å²) >= 11 is 0. The van der Waals surface area contributed by atoms with Gasteiger partial charge in [-0.05, 0) is 56.9 Å². The molecule has 1 aromatic heterocycles. The summed E-state index contributed by atoms with van der Waals surface area (Å²) < 4.78 is 17.6. The molecule has 0 aliphatic carbocycles. The molecule has 8 heteroatoms. The normalized spacial score (nSPS) is 17.3. The number of ether oxygens (including phenoxy) is 1. The molecule has 1 aliphatic rings. The zero-order valence-corrected chi connectivity index (χ0v) is 18.3. The number of amides is 1. The van der Waals surface area contributed by atoms with E-state index in [4.69, 9.17) is 14.0 Å². The van der Waals surface area contributed by atoms with E-state index in [1.807, 2.05) is 58.0 Å². The quantitative estimate of drug-likeness (QED) is 0.539. The monoisotopic (exact) mass is 422 g/mol. The average Bonchev–Trinajstić information content (AvgIpc) is 2.97. The van der Waals surface area contributed by atoms with E-state index in [0.717, 1.165) is 11.8 Å². The number of nitrogens with zero attached hydrogens (tertiary/aromatic N) is 1. The van der Waals surface area contributed by atoms with Gasteiger partial charge < -0.3 is 19.4 Å². The minimum absolute atomic E-state index is 0.154. The number of nitrogens with one attached hydrogen (secondary N) is 1.